The highest BCUT2D eigenvalue weighted by Gasteiger charge is 2.22. The normalized spacial score (nSPS) is 14.7. The fourth-order valence-electron chi connectivity index (χ4n) is 2.41. The van der Waals surface area contributed by atoms with Crippen molar-refractivity contribution in [2.45, 2.75) is 6.92 Å². The molecule has 1 saturated heterocycles. The maximum Gasteiger partial charge on any atom is 0.321 e. The Morgan fingerprint density at radius 2 is 2.13 bits per heavy atom. The van der Waals surface area contributed by atoms with Gasteiger partial charge in [-0.3, -0.25) is 10.1 Å². The zero-order valence-corrected chi connectivity index (χ0v) is 13.6. The van der Waals surface area contributed by atoms with Crippen LogP contribution in [0, 0.1) is 0 Å². The third-order valence-corrected chi connectivity index (χ3v) is 4.52. The van der Waals surface area contributed by atoms with Gasteiger partial charge in [0.05, 0.1) is 29.0 Å². The Labute approximate surface area is 137 Å². The molecule has 0 spiro atoms. The molecule has 0 unspecified atom stereocenters. The van der Waals surface area contributed by atoms with Crippen LogP contribution in [0.2, 0.25) is 0 Å². The number of carbonyl (C=O) groups excluding carboxylic acids is 2. The number of nitrogens with one attached hydrogen (secondary N) is 2. The average molecular weight is 334 g/mol. The monoisotopic (exact) mass is 334 g/mol. The number of anilines is 1. The van der Waals surface area contributed by atoms with Crippen LogP contribution in [0.3, 0.4) is 0 Å². The number of hydrogen-bond donors (Lipinski definition) is 2. The van der Waals surface area contributed by atoms with E-state index in [0.717, 1.165) is 4.70 Å². The summed E-state index contributed by atoms with van der Waals surface area (Å²) in [7, 11) is 0. The van der Waals surface area contributed by atoms with Gasteiger partial charge in [0.2, 0.25) is 0 Å². The topological polar surface area (TPSA) is 83.6 Å². The molecule has 3 amide bonds. The maximum absolute atomic E-state index is 12.7. The molecule has 2 aromatic rings. The number of amides is 3. The molecule has 0 bridgehead atoms. The number of benzene rings is 1. The summed E-state index contributed by atoms with van der Waals surface area (Å²) < 4.78 is 6.07. The van der Waals surface area contributed by atoms with Crippen molar-refractivity contribution in [3.05, 3.63) is 23.8 Å². The SMILES string of the molecule is CCNC(=O)Nc1nc2cccc(C(=O)N3CCOCC3)c2s1. The molecule has 2 N–H and O–H groups in total. The minimum atomic E-state index is -0.299. The lowest BCUT2D eigenvalue weighted by Gasteiger charge is -2.26. The summed E-state index contributed by atoms with van der Waals surface area (Å²) in [5, 5.41) is 5.83. The molecule has 0 saturated carbocycles. The van der Waals surface area contributed by atoms with E-state index in [-0.39, 0.29) is 11.9 Å². The van der Waals surface area contributed by atoms with Gasteiger partial charge in [-0.05, 0) is 19.1 Å². The van der Waals surface area contributed by atoms with Crippen molar-refractivity contribution in [1.29, 1.82) is 0 Å². The molecule has 3 rings (SSSR count). The van der Waals surface area contributed by atoms with Crippen molar-refractivity contribution in [2.24, 2.45) is 0 Å². The van der Waals surface area contributed by atoms with Crippen LogP contribution in [0.25, 0.3) is 10.2 Å². The Hall–Kier alpha value is -2.19. The summed E-state index contributed by atoms with van der Waals surface area (Å²) in [5.74, 6) is -0.0212. The first-order valence-corrected chi connectivity index (χ1v) is 8.32. The van der Waals surface area contributed by atoms with Gasteiger partial charge in [-0.15, -0.1) is 0 Å². The summed E-state index contributed by atoms with van der Waals surface area (Å²) in [6.45, 7) is 4.70. The summed E-state index contributed by atoms with van der Waals surface area (Å²) in [4.78, 5) is 30.5. The number of aromatic nitrogens is 1. The molecule has 1 aliphatic rings. The van der Waals surface area contributed by atoms with Crippen LogP contribution in [0.5, 0.6) is 0 Å². The number of hydrogen-bond acceptors (Lipinski definition) is 5. The van der Waals surface area contributed by atoms with Crippen LogP contribution < -0.4 is 10.6 Å². The molecule has 0 aliphatic carbocycles. The molecule has 1 fully saturated rings. The van der Waals surface area contributed by atoms with E-state index in [4.69, 9.17) is 4.74 Å². The molecule has 23 heavy (non-hydrogen) atoms. The Bertz CT molecular complexity index is 725. The first kappa shape index (κ1) is 15.7. The Balaban J connectivity index is 1.87. The van der Waals surface area contributed by atoms with Crippen molar-refractivity contribution in [3.63, 3.8) is 0 Å². The smallest absolute Gasteiger partial charge is 0.321 e. The van der Waals surface area contributed by atoms with Gasteiger partial charge in [-0.1, -0.05) is 17.4 Å². The third kappa shape index (κ3) is 3.43. The largest absolute Gasteiger partial charge is 0.378 e. The molecule has 122 valence electrons. The highest BCUT2D eigenvalue weighted by molar-refractivity contribution is 7.22. The minimum Gasteiger partial charge on any atom is -0.378 e. The van der Waals surface area contributed by atoms with Crippen LogP contribution in [0.15, 0.2) is 18.2 Å². The zero-order chi connectivity index (χ0) is 16.2. The molecule has 1 aromatic carbocycles. The number of carbonyl (C=O) groups is 2. The van der Waals surface area contributed by atoms with E-state index in [0.29, 0.717) is 49.1 Å². The van der Waals surface area contributed by atoms with Gasteiger partial charge in [0.25, 0.3) is 5.91 Å². The van der Waals surface area contributed by atoms with E-state index < -0.39 is 0 Å². The number of thiazole rings is 1. The van der Waals surface area contributed by atoms with E-state index in [1.165, 1.54) is 11.3 Å². The number of nitrogens with zero attached hydrogens (tertiary/aromatic N) is 2. The van der Waals surface area contributed by atoms with Gasteiger partial charge in [0, 0.05) is 19.6 Å². The molecular weight excluding hydrogens is 316 g/mol. The first-order valence-electron chi connectivity index (χ1n) is 7.50. The molecule has 0 radical (unpaired) electrons. The second-order valence-electron chi connectivity index (χ2n) is 5.06. The van der Waals surface area contributed by atoms with Crippen molar-refractivity contribution in [2.75, 3.05) is 38.2 Å². The van der Waals surface area contributed by atoms with Gasteiger partial charge in [0.1, 0.15) is 0 Å². The van der Waals surface area contributed by atoms with Crippen LogP contribution in [-0.2, 0) is 4.74 Å². The number of rotatable bonds is 3. The lowest BCUT2D eigenvalue weighted by molar-refractivity contribution is 0.0304. The average Bonchev–Trinajstić information content (AvgIpc) is 2.97. The van der Waals surface area contributed by atoms with Gasteiger partial charge in [-0.2, -0.15) is 0 Å². The third-order valence-electron chi connectivity index (χ3n) is 3.50. The molecular formula is C15H18N4O3S. The summed E-state index contributed by atoms with van der Waals surface area (Å²) in [6, 6.07) is 5.15. The lowest BCUT2D eigenvalue weighted by Crippen LogP contribution is -2.40. The Morgan fingerprint density at radius 3 is 2.87 bits per heavy atom. The second kappa shape index (κ2) is 6.93. The number of urea groups is 1. The van der Waals surface area contributed by atoms with Gasteiger partial charge < -0.3 is 15.0 Å². The molecule has 2 heterocycles. The predicted octanol–water partition coefficient (Wildman–Crippen LogP) is 1.91. The summed E-state index contributed by atoms with van der Waals surface area (Å²) in [5.41, 5.74) is 1.33. The number of fused-ring (bicyclic) bond motifs is 1. The van der Waals surface area contributed by atoms with E-state index >= 15 is 0 Å². The number of ether oxygens (including phenoxy) is 1. The predicted molar refractivity (Wildman–Crippen MR) is 89.0 cm³/mol. The second-order valence-corrected chi connectivity index (χ2v) is 6.06. The van der Waals surface area contributed by atoms with Gasteiger partial charge >= 0.3 is 6.03 Å². The lowest BCUT2D eigenvalue weighted by atomic mass is 10.2. The van der Waals surface area contributed by atoms with E-state index in [9.17, 15) is 9.59 Å². The Morgan fingerprint density at radius 1 is 1.35 bits per heavy atom. The van der Waals surface area contributed by atoms with Crippen molar-refractivity contribution in [1.82, 2.24) is 15.2 Å². The highest BCUT2D eigenvalue weighted by atomic mass is 32.1. The Kier molecular flexibility index (Phi) is 4.73. The molecule has 0 atom stereocenters. The van der Waals surface area contributed by atoms with E-state index in [1.807, 2.05) is 19.1 Å². The van der Waals surface area contributed by atoms with E-state index in [1.54, 1.807) is 11.0 Å². The van der Waals surface area contributed by atoms with Crippen LogP contribution in [-0.4, -0.2) is 54.7 Å². The van der Waals surface area contributed by atoms with Gasteiger partial charge in [-0.25, -0.2) is 9.78 Å². The molecule has 1 aliphatic heterocycles. The fourth-order valence-corrected chi connectivity index (χ4v) is 3.37. The molecule has 1 aromatic heterocycles. The highest BCUT2D eigenvalue weighted by Crippen LogP contribution is 2.29. The summed E-state index contributed by atoms with van der Waals surface area (Å²) in [6.07, 6.45) is 0. The van der Waals surface area contributed by atoms with Crippen molar-refractivity contribution in [3.8, 4) is 0 Å². The van der Waals surface area contributed by atoms with Gasteiger partial charge in [0.15, 0.2) is 5.13 Å². The number of morpholine rings is 1. The summed E-state index contributed by atoms with van der Waals surface area (Å²) >= 11 is 1.31. The van der Waals surface area contributed by atoms with Crippen LogP contribution in [0.1, 0.15) is 17.3 Å². The maximum atomic E-state index is 12.7. The standard InChI is InChI=1S/C15H18N4O3S/c1-2-16-14(21)18-15-17-11-5-3-4-10(12(11)23-15)13(20)19-6-8-22-9-7-19/h3-5H,2,6-9H2,1H3,(H2,16,17,18,21). The van der Waals surface area contributed by atoms with Crippen LogP contribution in [0.4, 0.5) is 9.93 Å². The molecule has 8 heteroatoms. The van der Waals surface area contributed by atoms with Crippen molar-refractivity contribution < 1.29 is 14.3 Å². The fraction of sp³-hybridized carbons (Fsp3) is 0.400. The first-order chi connectivity index (χ1) is 11.2. The molecule has 7 nitrogen and oxygen atoms in total. The van der Waals surface area contributed by atoms with Crippen molar-refractivity contribution >= 4 is 38.6 Å². The van der Waals surface area contributed by atoms with Crippen LogP contribution >= 0.6 is 11.3 Å². The quantitative estimate of drug-likeness (QED) is 0.898. The minimum absolute atomic E-state index is 0.0212. The zero-order valence-electron chi connectivity index (χ0n) is 12.8. The van der Waals surface area contributed by atoms with E-state index in [2.05, 4.69) is 15.6 Å².